The summed E-state index contributed by atoms with van der Waals surface area (Å²) in [6, 6.07) is -0.285. The van der Waals surface area contributed by atoms with Crippen LogP contribution in [0.4, 0.5) is 0 Å². The van der Waals surface area contributed by atoms with Crippen LogP contribution >= 0.6 is 0 Å². The molecule has 2 saturated heterocycles. The summed E-state index contributed by atoms with van der Waals surface area (Å²) in [4.78, 5) is 2.83. The van der Waals surface area contributed by atoms with Gasteiger partial charge in [0, 0.05) is 4.91 Å². The predicted molar refractivity (Wildman–Crippen MR) is 51.9 cm³/mol. The lowest BCUT2D eigenvalue weighted by molar-refractivity contribution is -0.206. The molecule has 0 N–H and O–H groups in total. The van der Waals surface area contributed by atoms with E-state index in [0.717, 1.165) is 6.42 Å². The molecule has 15 heavy (non-hydrogen) atoms. The molecule has 2 heterocycles. The third-order valence-electron chi connectivity index (χ3n) is 2.70. The zero-order chi connectivity index (χ0) is 11.1. The highest BCUT2D eigenvalue weighted by molar-refractivity contribution is 4.97. The van der Waals surface area contributed by atoms with Gasteiger partial charge in [-0.05, 0) is 25.8 Å². The zero-order valence-electron chi connectivity index (χ0n) is 9.08. The van der Waals surface area contributed by atoms with Crippen molar-refractivity contribution in [3.63, 3.8) is 0 Å². The molecule has 1 unspecified atom stereocenters. The maximum Gasteiger partial charge on any atom is 0.187 e. The van der Waals surface area contributed by atoms with Gasteiger partial charge in [-0.15, -0.1) is 0 Å². The maximum atomic E-state index is 8.50. The van der Waals surface area contributed by atoms with Gasteiger partial charge < -0.3 is 14.2 Å². The van der Waals surface area contributed by atoms with Crippen LogP contribution < -0.4 is 0 Å². The van der Waals surface area contributed by atoms with Gasteiger partial charge in [-0.3, -0.25) is 0 Å². The third kappa shape index (κ3) is 1.81. The molecular formula is C9H15N3O3. The Morgan fingerprint density at radius 1 is 1.40 bits per heavy atom. The maximum absolute atomic E-state index is 8.50. The summed E-state index contributed by atoms with van der Waals surface area (Å²) in [6.07, 6.45) is -0.00240. The Labute approximate surface area is 88.1 Å². The molecule has 0 aromatic heterocycles. The minimum Gasteiger partial charge on any atom is -0.346 e. The van der Waals surface area contributed by atoms with Crippen LogP contribution in [-0.4, -0.2) is 30.3 Å². The van der Waals surface area contributed by atoms with Crippen molar-refractivity contribution in [1.82, 2.24) is 0 Å². The molecule has 2 rings (SSSR count). The standard InChI is InChI=1S/C9H15N3O3/c1-4-5-6(11-12-10)7-8(13-5)15-9(2,3)14-7/h5-8H,4H2,1-3H3/t5-,6+,7?,8+/m1/s1. The highest BCUT2D eigenvalue weighted by Gasteiger charge is 2.53. The van der Waals surface area contributed by atoms with Gasteiger partial charge in [-0.2, -0.15) is 0 Å². The van der Waals surface area contributed by atoms with Crippen molar-refractivity contribution in [1.29, 1.82) is 0 Å². The van der Waals surface area contributed by atoms with E-state index in [1.54, 1.807) is 0 Å². The Balaban J connectivity index is 2.17. The second-order valence-corrected chi connectivity index (χ2v) is 4.25. The lowest BCUT2D eigenvalue weighted by atomic mass is 10.1. The Hall–Kier alpha value is -0.810. The molecule has 0 aromatic rings. The summed E-state index contributed by atoms with van der Waals surface area (Å²) in [6.45, 7) is 5.63. The molecule has 0 spiro atoms. The van der Waals surface area contributed by atoms with Crippen LogP contribution in [-0.2, 0) is 14.2 Å². The Bertz CT molecular complexity index is 301. The van der Waals surface area contributed by atoms with Crippen molar-refractivity contribution in [2.75, 3.05) is 0 Å². The molecule has 4 atom stereocenters. The van der Waals surface area contributed by atoms with Crippen molar-refractivity contribution >= 4 is 0 Å². The van der Waals surface area contributed by atoms with Crippen LogP contribution in [0.2, 0.25) is 0 Å². The summed E-state index contributed by atoms with van der Waals surface area (Å²) < 4.78 is 16.8. The van der Waals surface area contributed by atoms with E-state index in [1.165, 1.54) is 0 Å². The van der Waals surface area contributed by atoms with Gasteiger partial charge in [-0.25, -0.2) is 0 Å². The second kappa shape index (κ2) is 3.64. The number of ether oxygens (including phenoxy) is 3. The number of hydrogen-bond acceptors (Lipinski definition) is 4. The van der Waals surface area contributed by atoms with Crippen molar-refractivity contribution in [2.45, 2.75) is 57.5 Å². The van der Waals surface area contributed by atoms with E-state index in [1.807, 2.05) is 20.8 Å². The molecule has 6 nitrogen and oxygen atoms in total. The monoisotopic (exact) mass is 213 g/mol. The third-order valence-corrected chi connectivity index (χ3v) is 2.70. The van der Waals surface area contributed by atoms with Crippen molar-refractivity contribution in [2.24, 2.45) is 5.11 Å². The van der Waals surface area contributed by atoms with Gasteiger partial charge >= 0.3 is 0 Å². The quantitative estimate of drug-likeness (QED) is 0.399. The summed E-state index contributed by atoms with van der Waals surface area (Å²) in [7, 11) is 0. The molecule has 2 aliphatic rings. The van der Waals surface area contributed by atoms with Crippen LogP contribution in [0, 0.1) is 0 Å². The van der Waals surface area contributed by atoms with Crippen LogP contribution in [0.5, 0.6) is 0 Å². The summed E-state index contributed by atoms with van der Waals surface area (Å²) in [5.41, 5.74) is 8.50. The van der Waals surface area contributed by atoms with Gasteiger partial charge in [0.05, 0.1) is 12.1 Å². The largest absolute Gasteiger partial charge is 0.346 e. The van der Waals surface area contributed by atoms with Crippen LogP contribution in [0.1, 0.15) is 27.2 Å². The summed E-state index contributed by atoms with van der Waals surface area (Å²) >= 11 is 0. The van der Waals surface area contributed by atoms with Gasteiger partial charge in [0.1, 0.15) is 6.10 Å². The average molecular weight is 213 g/mol. The second-order valence-electron chi connectivity index (χ2n) is 4.25. The van der Waals surface area contributed by atoms with E-state index in [4.69, 9.17) is 19.7 Å². The highest BCUT2D eigenvalue weighted by Crippen LogP contribution is 2.39. The molecule has 2 fully saturated rings. The predicted octanol–water partition coefficient (Wildman–Crippen LogP) is 1.95. The lowest BCUT2D eigenvalue weighted by Gasteiger charge is -2.22. The fraction of sp³-hybridized carbons (Fsp3) is 1.00. The van der Waals surface area contributed by atoms with Crippen molar-refractivity contribution in [3.05, 3.63) is 10.4 Å². The van der Waals surface area contributed by atoms with E-state index in [2.05, 4.69) is 10.0 Å². The molecule has 0 aliphatic carbocycles. The Kier molecular flexibility index (Phi) is 2.60. The number of azide groups is 1. The highest BCUT2D eigenvalue weighted by atomic mass is 16.8. The molecule has 84 valence electrons. The van der Waals surface area contributed by atoms with Gasteiger partial charge in [0.2, 0.25) is 0 Å². The number of hydrogen-bond donors (Lipinski definition) is 0. The van der Waals surface area contributed by atoms with E-state index in [-0.39, 0.29) is 18.2 Å². The minimum absolute atomic E-state index is 0.105. The number of rotatable bonds is 2. The normalized spacial score (nSPS) is 42.3. The van der Waals surface area contributed by atoms with Gasteiger partial charge in [0.15, 0.2) is 12.1 Å². The number of fused-ring (bicyclic) bond motifs is 1. The Morgan fingerprint density at radius 3 is 2.73 bits per heavy atom. The SMILES string of the molecule is CC[C@H]1O[C@H]2OC(C)(C)OC2[C@H]1N=[N+]=[N-]. The fourth-order valence-corrected chi connectivity index (χ4v) is 2.10. The topological polar surface area (TPSA) is 76.5 Å². The molecule has 2 aliphatic heterocycles. The molecule has 0 radical (unpaired) electrons. The first-order chi connectivity index (χ1) is 7.07. The van der Waals surface area contributed by atoms with Gasteiger partial charge in [-0.1, -0.05) is 12.0 Å². The smallest absolute Gasteiger partial charge is 0.187 e. The zero-order valence-corrected chi connectivity index (χ0v) is 9.08. The molecule has 6 heteroatoms. The van der Waals surface area contributed by atoms with Crippen LogP contribution in [0.15, 0.2) is 5.11 Å². The van der Waals surface area contributed by atoms with Crippen LogP contribution in [0.25, 0.3) is 10.4 Å². The van der Waals surface area contributed by atoms with Crippen LogP contribution in [0.3, 0.4) is 0 Å². The van der Waals surface area contributed by atoms with E-state index >= 15 is 0 Å². The van der Waals surface area contributed by atoms with Gasteiger partial charge in [0.25, 0.3) is 0 Å². The minimum atomic E-state index is -0.655. The first-order valence-electron chi connectivity index (χ1n) is 5.12. The van der Waals surface area contributed by atoms with E-state index in [0.29, 0.717) is 0 Å². The number of nitrogens with zero attached hydrogens (tertiary/aromatic N) is 3. The molecular weight excluding hydrogens is 198 g/mol. The molecule has 0 bridgehead atoms. The summed E-state index contributed by atoms with van der Waals surface area (Å²) in [5.74, 6) is -0.655. The lowest BCUT2D eigenvalue weighted by Crippen LogP contribution is -2.32. The first-order valence-corrected chi connectivity index (χ1v) is 5.12. The van der Waals surface area contributed by atoms with Crippen molar-refractivity contribution < 1.29 is 14.2 Å². The first kappa shape index (κ1) is 10.7. The average Bonchev–Trinajstić information content (AvgIpc) is 2.60. The summed E-state index contributed by atoms with van der Waals surface area (Å²) in [5, 5.41) is 3.73. The molecule has 0 aromatic carbocycles. The Morgan fingerprint density at radius 2 is 2.13 bits per heavy atom. The van der Waals surface area contributed by atoms with E-state index in [9.17, 15) is 0 Å². The van der Waals surface area contributed by atoms with E-state index < -0.39 is 12.1 Å². The molecule has 0 amide bonds. The van der Waals surface area contributed by atoms with Crippen molar-refractivity contribution in [3.8, 4) is 0 Å². The fourth-order valence-electron chi connectivity index (χ4n) is 2.10. The molecule has 0 saturated carbocycles.